The van der Waals surface area contributed by atoms with Gasteiger partial charge in [0.15, 0.2) is 0 Å². The topological polar surface area (TPSA) is 40.5 Å². The molecule has 0 aromatic heterocycles. The van der Waals surface area contributed by atoms with Gasteiger partial charge in [-0.25, -0.2) is 0 Å². The number of aromatic hydroxyl groups is 2. The number of phenols is 2. The highest BCUT2D eigenvalue weighted by molar-refractivity contribution is 6.11. The molecule has 0 fully saturated rings. The predicted octanol–water partition coefficient (Wildman–Crippen LogP) is 4.53. The minimum atomic E-state index is 0.229. The summed E-state index contributed by atoms with van der Waals surface area (Å²) in [5.41, 5.74) is 0.933. The van der Waals surface area contributed by atoms with Crippen LogP contribution >= 0.6 is 0 Å². The monoisotopic (exact) mass is 252 g/mol. The number of hydrogen-bond acceptors (Lipinski definition) is 2. The smallest absolute Gasteiger partial charge is 0.124 e. The van der Waals surface area contributed by atoms with E-state index in [4.69, 9.17) is 0 Å². The summed E-state index contributed by atoms with van der Waals surface area (Å²) in [4.78, 5) is 0. The first-order valence-corrected chi connectivity index (χ1v) is 6.46. The van der Waals surface area contributed by atoms with Gasteiger partial charge in [0.25, 0.3) is 0 Å². The summed E-state index contributed by atoms with van der Waals surface area (Å²) in [7, 11) is 0. The molecule has 0 aliphatic carbocycles. The third-order valence-corrected chi connectivity index (χ3v) is 3.62. The second kappa shape index (κ2) is 4.16. The molecule has 0 aliphatic rings. The molecule has 2 N–H and O–H groups in total. The Morgan fingerprint density at radius 2 is 1.53 bits per heavy atom. The summed E-state index contributed by atoms with van der Waals surface area (Å²) in [6.45, 7) is 4.12. The van der Waals surface area contributed by atoms with E-state index in [1.807, 2.05) is 30.3 Å². The average Bonchev–Trinajstić information content (AvgIpc) is 2.37. The molecule has 0 heterocycles. The Hall–Kier alpha value is -2.22. The Morgan fingerprint density at radius 3 is 2.26 bits per heavy atom. The number of rotatable bonds is 1. The van der Waals surface area contributed by atoms with Crippen molar-refractivity contribution < 1.29 is 10.2 Å². The molecule has 0 spiro atoms. The summed E-state index contributed by atoms with van der Waals surface area (Å²) in [6.07, 6.45) is 0. The van der Waals surface area contributed by atoms with Gasteiger partial charge in [-0.3, -0.25) is 0 Å². The van der Waals surface area contributed by atoms with Gasteiger partial charge in [0.1, 0.15) is 11.5 Å². The van der Waals surface area contributed by atoms with E-state index >= 15 is 0 Å². The van der Waals surface area contributed by atoms with Gasteiger partial charge >= 0.3 is 0 Å². The van der Waals surface area contributed by atoms with Crippen LogP contribution in [0.1, 0.15) is 25.3 Å². The van der Waals surface area contributed by atoms with Crippen molar-refractivity contribution in [1.82, 2.24) is 0 Å². The van der Waals surface area contributed by atoms with E-state index in [2.05, 4.69) is 13.8 Å². The lowest BCUT2D eigenvalue weighted by Crippen LogP contribution is -1.91. The SMILES string of the molecule is CC(C)c1c(O)ccc2c1ccc1cccc(O)c12. The zero-order valence-corrected chi connectivity index (χ0v) is 11.0. The average molecular weight is 252 g/mol. The van der Waals surface area contributed by atoms with Crippen LogP contribution in [-0.2, 0) is 0 Å². The third-order valence-electron chi connectivity index (χ3n) is 3.62. The number of fused-ring (bicyclic) bond motifs is 3. The van der Waals surface area contributed by atoms with Gasteiger partial charge in [0, 0.05) is 10.9 Å². The Kier molecular flexibility index (Phi) is 2.59. The van der Waals surface area contributed by atoms with Gasteiger partial charge in [0.05, 0.1) is 0 Å². The predicted molar refractivity (Wildman–Crippen MR) is 78.9 cm³/mol. The normalized spacial score (nSPS) is 11.5. The van der Waals surface area contributed by atoms with E-state index in [1.165, 1.54) is 0 Å². The van der Waals surface area contributed by atoms with Crippen LogP contribution in [0, 0.1) is 0 Å². The maximum atomic E-state index is 10.1. The molecule has 96 valence electrons. The molecule has 0 aliphatic heterocycles. The molecular formula is C17H16O2. The summed E-state index contributed by atoms with van der Waals surface area (Å²) in [5.74, 6) is 0.827. The zero-order chi connectivity index (χ0) is 13.6. The van der Waals surface area contributed by atoms with Crippen LogP contribution in [0.2, 0.25) is 0 Å². The second-order valence-corrected chi connectivity index (χ2v) is 5.19. The number of hydrogen-bond donors (Lipinski definition) is 2. The number of phenolic OH excluding ortho intramolecular Hbond substituents is 2. The molecule has 0 unspecified atom stereocenters. The van der Waals surface area contributed by atoms with E-state index in [0.29, 0.717) is 5.75 Å². The summed E-state index contributed by atoms with van der Waals surface area (Å²) < 4.78 is 0. The lowest BCUT2D eigenvalue weighted by molar-refractivity contribution is 0.466. The summed E-state index contributed by atoms with van der Waals surface area (Å²) in [5, 5.41) is 24.0. The van der Waals surface area contributed by atoms with Crippen molar-refractivity contribution in [3.05, 3.63) is 48.0 Å². The minimum absolute atomic E-state index is 0.229. The molecule has 2 heteroatoms. The highest BCUT2D eigenvalue weighted by atomic mass is 16.3. The van der Waals surface area contributed by atoms with Gasteiger partial charge in [-0.05, 0) is 40.3 Å². The first-order valence-electron chi connectivity index (χ1n) is 6.46. The summed E-state index contributed by atoms with van der Waals surface area (Å²) >= 11 is 0. The second-order valence-electron chi connectivity index (χ2n) is 5.19. The molecule has 3 aromatic carbocycles. The zero-order valence-electron chi connectivity index (χ0n) is 11.0. The molecule has 3 aromatic rings. The van der Waals surface area contributed by atoms with Crippen molar-refractivity contribution in [2.24, 2.45) is 0 Å². The van der Waals surface area contributed by atoms with Crippen molar-refractivity contribution >= 4 is 21.5 Å². The van der Waals surface area contributed by atoms with Crippen molar-refractivity contribution in [2.45, 2.75) is 19.8 Å². The Balaban J connectivity index is 2.55. The fourth-order valence-corrected chi connectivity index (χ4v) is 2.79. The molecule has 0 amide bonds. The van der Waals surface area contributed by atoms with Crippen LogP contribution in [0.5, 0.6) is 11.5 Å². The van der Waals surface area contributed by atoms with Crippen LogP contribution < -0.4 is 0 Å². The summed E-state index contributed by atoms with van der Waals surface area (Å²) in [6, 6.07) is 13.1. The minimum Gasteiger partial charge on any atom is -0.508 e. The van der Waals surface area contributed by atoms with E-state index in [-0.39, 0.29) is 11.7 Å². The van der Waals surface area contributed by atoms with Crippen molar-refractivity contribution in [2.75, 3.05) is 0 Å². The maximum absolute atomic E-state index is 10.1. The fraction of sp³-hybridized carbons (Fsp3) is 0.176. The Labute approximate surface area is 111 Å². The fourth-order valence-electron chi connectivity index (χ4n) is 2.79. The number of benzene rings is 3. The molecule has 0 radical (unpaired) electrons. The quantitative estimate of drug-likeness (QED) is 0.625. The van der Waals surface area contributed by atoms with Crippen LogP contribution in [0.25, 0.3) is 21.5 Å². The first-order chi connectivity index (χ1) is 9.09. The van der Waals surface area contributed by atoms with Gasteiger partial charge in [0.2, 0.25) is 0 Å². The molecule has 3 rings (SSSR count). The van der Waals surface area contributed by atoms with Crippen LogP contribution in [0.4, 0.5) is 0 Å². The van der Waals surface area contributed by atoms with Crippen LogP contribution in [-0.4, -0.2) is 10.2 Å². The lowest BCUT2D eigenvalue weighted by Gasteiger charge is -2.14. The maximum Gasteiger partial charge on any atom is 0.124 e. The standard InChI is InChI=1S/C17H16O2/c1-10(2)16-12-7-6-11-4-3-5-14(18)17(11)13(12)8-9-15(16)19/h3-10,18-19H,1-2H3. The van der Waals surface area contributed by atoms with Crippen LogP contribution in [0.15, 0.2) is 42.5 Å². The molecular weight excluding hydrogens is 236 g/mol. The van der Waals surface area contributed by atoms with Crippen LogP contribution in [0.3, 0.4) is 0 Å². The largest absolute Gasteiger partial charge is 0.508 e. The van der Waals surface area contributed by atoms with Gasteiger partial charge in [-0.15, -0.1) is 0 Å². The highest BCUT2D eigenvalue weighted by Crippen LogP contribution is 2.38. The molecule has 0 saturated carbocycles. The van der Waals surface area contributed by atoms with E-state index in [9.17, 15) is 10.2 Å². The van der Waals surface area contributed by atoms with Crippen molar-refractivity contribution in [3.8, 4) is 11.5 Å². The third kappa shape index (κ3) is 1.72. The lowest BCUT2D eigenvalue weighted by atomic mass is 9.92. The van der Waals surface area contributed by atoms with E-state index in [1.54, 1.807) is 12.1 Å². The first kappa shape index (κ1) is 11.8. The van der Waals surface area contributed by atoms with Gasteiger partial charge in [-0.2, -0.15) is 0 Å². The Bertz CT molecular complexity index is 773. The van der Waals surface area contributed by atoms with Gasteiger partial charge in [-0.1, -0.05) is 38.1 Å². The Morgan fingerprint density at radius 1 is 0.789 bits per heavy atom. The van der Waals surface area contributed by atoms with E-state index < -0.39 is 0 Å². The molecule has 0 atom stereocenters. The van der Waals surface area contributed by atoms with E-state index in [0.717, 1.165) is 27.1 Å². The van der Waals surface area contributed by atoms with Gasteiger partial charge < -0.3 is 10.2 Å². The molecule has 2 nitrogen and oxygen atoms in total. The molecule has 0 bridgehead atoms. The van der Waals surface area contributed by atoms with Crippen molar-refractivity contribution in [3.63, 3.8) is 0 Å². The molecule has 0 saturated heterocycles. The molecule has 19 heavy (non-hydrogen) atoms. The van der Waals surface area contributed by atoms with Crippen molar-refractivity contribution in [1.29, 1.82) is 0 Å². The highest BCUT2D eigenvalue weighted by Gasteiger charge is 2.13.